The highest BCUT2D eigenvalue weighted by molar-refractivity contribution is 6.81. The smallest absolute Gasteiger partial charge is 0.246 e. The fourth-order valence-electron chi connectivity index (χ4n) is 29.1. The lowest BCUT2D eigenvalue weighted by molar-refractivity contribution is -0.127. The van der Waals surface area contributed by atoms with Crippen LogP contribution < -0.4 is 0 Å². The minimum atomic E-state index is -0.938. The van der Waals surface area contributed by atoms with Crippen LogP contribution in [0.1, 0.15) is 45.4 Å². The lowest BCUT2D eigenvalue weighted by Gasteiger charge is -2.63. The molecule has 5 atom stereocenters. The summed E-state index contributed by atoms with van der Waals surface area (Å²) in [5.74, 6) is 0.489. The predicted molar refractivity (Wildman–Crippen MR) is 317 cm³/mol. The van der Waals surface area contributed by atoms with E-state index in [2.05, 4.69) is 47.4 Å². The van der Waals surface area contributed by atoms with E-state index in [4.69, 9.17) is 0 Å². The SMILES string of the molecule is O=C(/C=C/c1ccccc1)N1CC23c4c5c6c7c8c9c%10c%11c%12c(c%13c%14c2c2c4c4c6c6c%15c7c7c9c9c%10c%10c%12c%12c%13c%13c%14c%14c2c2c4c6c4c6c2c%14c2c%13c%13c%12c%10c%10c9c9c7c%15c4c4c9c%10c%13c2c64)C32C1CC1=CC(=O)C58C1%112. The number of carbonyl (C=O) groups is 2. The summed E-state index contributed by atoms with van der Waals surface area (Å²) < 4.78 is 0. The van der Waals surface area contributed by atoms with Crippen molar-refractivity contribution in [1.82, 2.24) is 4.90 Å². The monoisotopic (exact) mass is 959 g/mol. The van der Waals surface area contributed by atoms with E-state index >= 15 is 9.59 Å². The van der Waals surface area contributed by atoms with Gasteiger partial charge in [0.1, 0.15) is 0 Å². The third-order valence-electron chi connectivity index (χ3n) is 28.8. The molecule has 5 unspecified atom stereocenters. The molecular formula is C75H13NO2. The number of carbonyl (C=O) groups excluding carboxylic acids is 2. The number of nitrogens with zero attached hydrogens (tertiary/aromatic N) is 1. The second-order valence-corrected chi connectivity index (χ2v) is 28.7. The van der Waals surface area contributed by atoms with Gasteiger partial charge in [0.2, 0.25) is 5.91 Å². The molecule has 4 spiro atoms. The molecule has 1 aliphatic heterocycles. The van der Waals surface area contributed by atoms with E-state index < -0.39 is 21.7 Å². The maximum absolute atomic E-state index is 17.5. The fourth-order valence-corrected chi connectivity index (χ4v) is 29.1. The highest BCUT2D eigenvalue weighted by Gasteiger charge is 2.93. The minimum Gasteiger partial charge on any atom is -0.334 e. The van der Waals surface area contributed by atoms with E-state index in [1.54, 1.807) is 221 Å². The summed E-state index contributed by atoms with van der Waals surface area (Å²) >= 11 is 0. The highest BCUT2D eigenvalue weighted by atomic mass is 16.2. The average molecular weight is 960 g/mol. The van der Waals surface area contributed by atoms with Gasteiger partial charge in [0.25, 0.3) is 0 Å². The molecule has 0 N–H and O–H groups in total. The van der Waals surface area contributed by atoms with Crippen LogP contribution in [0.15, 0.2) is 48.1 Å². The highest BCUT2D eigenvalue weighted by Crippen LogP contribution is 2.94. The van der Waals surface area contributed by atoms with Crippen LogP contribution in [0, 0.1) is 0 Å². The Kier molecular flexibility index (Phi) is 2.57. The second kappa shape index (κ2) is 6.75. The molecule has 27 aromatic carbocycles. The van der Waals surface area contributed by atoms with Gasteiger partial charge in [0, 0.05) is 24.1 Å². The Morgan fingerprint density at radius 1 is 0.385 bits per heavy atom. The summed E-state index contributed by atoms with van der Waals surface area (Å²) in [7, 11) is 0. The van der Waals surface area contributed by atoms with E-state index in [9.17, 15) is 0 Å². The van der Waals surface area contributed by atoms with Crippen LogP contribution in [0.4, 0.5) is 0 Å². The zero-order chi connectivity index (χ0) is 46.9. The molecule has 36 rings (SSSR count). The first-order valence-corrected chi connectivity index (χ1v) is 29.0. The van der Waals surface area contributed by atoms with Gasteiger partial charge in [-0.1, -0.05) is 35.9 Å². The normalized spacial score (nSPS) is 27.8. The Balaban J connectivity index is 1.05. The van der Waals surface area contributed by atoms with E-state index in [0.29, 0.717) is 12.3 Å². The number of rotatable bonds is 2. The van der Waals surface area contributed by atoms with Crippen LogP contribution in [-0.2, 0) is 31.2 Å². The van der Waals surface area contributed by atoms with Crippen molar-refractivity contribution in [1.29, 1.82) is 0 Å². The molecule has 27 aromatic rings. The van der Waals surface area contributed by atoms with Crippen LogP contribution >= 0.6 is 0 Å². The number of benzene rings is 18. The standard InChI is InChI=1S/C75H13NO2/c77-14-9-12-8-13-75-69-61-52-43-31-25-18-16-17-19-21-20(18)27(31)35-36-28(21)32-26(19)34-30-23(17)24-22(16)29-33(25)42-48-38(29)40-37(24)41-39(30)50-44(34)51-45(32)53-47(36)56(46(35)52)65(69)68-62(53)59(51)67-60(50)64-55(41)54(40)63-58(48)66(57(61)49(42)43)72(75,70(63)71(64)73(14,67)74(12,68)75)10-76(13)15(78)7-6-11-4-2-1-3-5-11/h1-7,9,13H,8,10H2/b7-6+. The molecule has 8 aliphatic carbocycles. The van der Waals surface area contributed by atoms with E-state index in [-0.39, 0.29) is 11.9 Å². The lowest BCUT2D eigenvalue weighted by Crippen LogP contribution is -2.71. The average Bonchev–Trinajstić information content (AvgIpc) is 1.45. The summed E-state index contributed by atoms with van der Waals surface area (Å²) in [4.78, 5) is 36.3. The van der Waals surface area contributed by atoms with Crippen molar-refractivity contribution in [2.45, 2.75) is 34.1 Å². The number of ketones is 1. The van der Waals surface area contributed by atoms with Crippen molar-refractivity contribution in [3.05, 3.63) is 87.0 Å². The summed E-state index contributed by atoms with van der Waals surface area (Å²) in [6.07, 6.45) is 7.06. The molecule has 0 aromatic heterocycles. The van der Waals surface area contributed by atoms with E-state index in [1.165, 1.54) is 86.9 Å². The van der Waals surface area contributed by atoms with Crippen molar-refractivity contribution in [2.75, 3.05) is 6.54 Å². The summed E-state index contributed by atoms with van der Waals surface area (Å²) in [6, 6.07) is 10.4. The van der Waals surface area contributed by atoms with Crippen LogP contribution in [-0.4, -0.2) is 29.2 Å². The number of allylic oxidation sites excluding steroid dienone is 1. The number of hydrogen-bond acceptors (Lipinski definition) is 2. The quantitative estimate of drug-likeness (QED) is 0.128. The number of amides is 1. The van der Waals surface area contributed by atoms with Crippen molar-refractivity contribution >= 4 is 287 Å². The van der Waals surface area contributed by atoms with Gasteiger partial charge >= 0.3 is 0 Å². The van der Waals surface area contributed by atoms with Crippen molar-refractivity contribution in [3.63, 3.8) is 0 Å². The third-order valence-corrected chi connectivity index (χ3v) is 28.8. The Morgan fingerprint density at radius 2 is 0.731 bits per heavy atom. The Bertz CT molecular complexity index is 8050. The molecule has 0 bridgehead atoms. The molecule has 0 radical (unpaired) electrons. The fraction of sp³-hybridized carbons (Fsp3) is 0.0933. The maximum atomic E-state index is 17.5. The van der Waals surface area contributed by atoms with Gasteiger partial charge in [-0.3, -0.25) is 9.59 Å². The van der Waals surface area contributed by atoms with Gasteiger partial charge in [0.15, 0.2) is 5.78 Å². The summed E-state index contributed by atoms with van der Waals surface area (Å²) in [5, 5.41) is 77.8. The molecule has 1 amide bonds. The molecular weight excluding hydrogens is 947 g/mol. The Morgan fingerprint density at radius 3 is 1.17 bits per heavy atom. The summed E-state index contributed by atoms with van der Waals surface area (Å²) in [5.41, 5.74) is 8.65. The third kappa shape index (κ3) is 1.55. The van der Waals surface area contributed by atoms with Crippen molar-refractivity contribution < 1.29 is 9.59 Å². The van der Waals surface area contributed by atoms with Crippen LogP contribution in [0.25, 0.3) is 275 Å². The zero-order valence-electron chi connectivity index (χ0n) is 39.9. The molecule has 9 aliphatic rings. The maximum Gasteiger partial charge on any atom is 0.246 e. The summed E-state index contributed by atoms with van der Waals surface area (Å²) in [6.45, 7) is 0.647. The first kappa shape index (κ1) is 29.8. The Labute approximate surface area is 426 Å². The van der Waals surface area contributed by atoms with Crippen molar-refractivity contribution in [2.24, 2.45) is 0 Å². The van der Waals surface area contributed by atoms with E-state index in [1.807, 2.05) is 6.08 Å². The largest absolute Gasteiger partial charge is 0.334 e. The van der Waals surface area contributed by atoms with Crippen LogP contribution in [0.5, 0.6) is 0 Å². The van der Waals surface area contributed by atoms with Gasteiger partial charge in [-0.15, -0.1) is 0 Å². The van der Waals surface area contributed by atoms with Crippen LogP contribution in [0.2, 0.25) is 0 Å². The molecule has 3 nitrogen and oxygen atoms in total. The van der Waals surface area contributed by atoms with Gasteiger partial charge in [-0.05, 0) is 327 Å². The lowest BCUT2D eigenvalue weighted by atomic mass is 9.34. The van der Waals surface area contributed by atoms with Gasteiger partial charge in [0.05, 0.1) is 16.2 Å². The van der Waals surface area contributed by atoms with Gasteiger partial charge in [-0.25, -0.2) is 0 Å². The van der Waals surface area contributed by atoms with Gasteiger partial charge in [-0.2, -0.15) is 0 Å². The Hall–Kier alpha value is -9.44. The molecule has 1 saturated heterocycles. The zero-order valence-corrected chi connectivity index (χ0v) is 39.9. The predicted octanol–water partition coefficient (Wildman–Crippen LogP) is 17.0. The molecule has 78 heavy (non-hydrogen) atoms. The molecule has 2 fully saturated rings. The first-order valence-electron chi connectivity index (χ1n) is 29.0. The molecule has 1 saturated carbocycles. The topological polar surface area (TPSA) is 37.4 Å². The minimum absolute atomic E-state index is 0.130. The van der Waals surface area contributed by atoms with Gasteiger partial charge < -0.3 is 4.90 Å². The number of likely N-dealkylation sites (tertiary alicyclic amines) is 1. The van der Waals surface area contributed by atoms with Crippen molar-refractivity contribution in [3.8, 4) is 0 Å². The molecule has 330 valence electrons. The number of hydrogen-bond donors (Lipinski definition) is 0. The van der Waals surface area contributed by atoms with E-state index in [0.717, 1.165) is 12.0 Å². The molecule has 3 heteroatoms. The first-order chi connectivity index (χ1) is 38.7. The second-order valence-electron chi connectivity index (χ2n) is 28.7. The molecule has 1 heterocycles. The van der Waals surface area contributed by atoms with Crippen LogP contribution in [0.3, 0.4) is 0 Å².